The van der Waals surface area contributed by atoms with Gasteiger partial charge in [-0.25, -0.2) is 0 Å². The van der Waals surface area contributed by atoms with Crippen molar-refractivity contribution in [2.75, 3.05) is 49.9 Å². The molecular formula is C21H30N4O3S. The average Bonchev–Trinajstić information content (AvgIpc) is 2.71. The first-order valence-corrected chi connectivity index (χ1v) is 11.2. The van der Waals surface area contributed by atoms with Crippen LogP contribution >= 0.6 is 11.8 Å². The molecule has 0 unspecified atom stereocenters. The van der Waals surface area contributed by atoms with Crippen LogP contribution in [0.15, 0.2) is 29.2 Å². The Morgan fingerprint density at radius 2 is 1.69 bits per heavy atom. The third-order valence-corrected chi connectivity index (χ3v) is 6.17. The summed E-state index contributed by atoms with van der Waals surface area (Å²) in [7, 11) is 0. The summed E-state index contributed by atoms with van der Waals surface area (Å²) in [6.45, 7) is 7.51. The monoisotopic (exact) mass is 418 g/mol. The Bertz CT molecular complexity index is 747. The average molecular weight is 419 g/mol. The number of para-hydroxylation sites is 1. The van der Waals surface area contributed by atoms with Gasteiger partial charge in [0.05, 0.1) is 12.2 Å². The van der Waals surface area contributed by atoms with E-state index in [1.54, 1.807) is 11.8 Å². The van der Waals surface area contributed by atoms with Crippen molar-refractivity contribution in [2.24, 2.45) is 0 Å². The first-order chi connectivity index (χ1) is 13.9. The van der Waals surface area contributed by atoms with Crippen molar-refractivity contribution in [1.82, 2.24) is 15.1 Å². The minimum atomic E-state index is 0.00934. The van der Waals surface area contributed by atoms with E-state index in [4.69, 9.17) is 0 Å². The number of nitrogens with zero attached hydrogens (tertiary/aromatic N) is 3. The molecule has 1 saturated heterocycles. The molecule has 7 nitrogen and oxygen atoms in total. The van der Waals surface area contributed by atoms with Gasteiger partial charge in [0.25, 0.3) is 0 Å². The number of rotatable bonds is 6. The van der Waals surface area contributed by atoms with Crippen LogP contribution in [0.4, 0.5) is 5.69 Å². The minimum absolute atomic E-state index is 0.00934. The van der Waals surface area contributed by atoms with E-state index in [0.717, 1.165) is 16.3 Å². The number of piperazine rings is 1. The molecule has 0 radical (unpaired) electrons. The Morgan fingerprint density at radius 1 is 1.00 bits per heavy atom. The predicted molar refractivity (Wildman–Crippen MR) is 115 cm³/mol. The van der Waals surface area contributed by atoms with E-state index in [-0.39, 0.29) is 36.6 Å². The van der Waals surface area contributed by atoms with Crippen molar-refractivity contribution in [3.63, 3.8) is 0 Å². The predicted octanol–water partition coefficient (Wildman–Crippen LogP) is 1.57. The molecular weight excluding hydrogens is 388 g/mol. The summed E-state index contributed by atoms with van der Waals surface area (Å²) < 4.78 is 0. The second kappa shape index (κ2) is 10.1. The topological polar surface area (TPSA) is 73.0 Å². The number of nitrogens with one attached hydrogen (secondary N) is 1. The number of anilines is 1. The van der Waals surface area contributed by atoms with Gasteiger partial charge in [0.1, 0.15) is 0 Å². The first kappa shape index (κ1) is 21.6. The highest BCUT2D eigenvalue weighted by atomic mass is 32.2. The molecule has 1 N–H and O–H groups in total. The Labute approximate surface area is 176 Å². The van der Waals surface area contributed by atoms with Crippen LogP contribution in [-0.4, -0.2) is 78.6 Å². The first-order valence-electron chi connectivity index (χ1n) is 10.3. The van der Waals surface area contributed by atoms with Gasteiger partial charge in [-0.1, -0.05) is 12.1 Å². The number of benzene rings is 1. The zero-order valence-electron chi connectivity index (χ0n) is 17.2. The summed E-state index contributed by atoms with van der Waals surface area (Å²) >= 11 is 1.76. The molecule has 3 rings (SSSR count). The molecule has 2 aliphatic heterocycles. The van der Waals surface area contributed by atoms with Crippen LogP contribution in [0.3, 0.4) is 0 Å². The lowest BCUT2D eigenvalue weighted by molar-refractivity contribution is -0.135. The Hall–Kier alpha value is -2.06. The molecule has 1 fully saturated rings. The summed E-state index contributed by atoms with van der Waals surface area (Å²) in [6.07, 6.45) is 0.466. The highest BCUT2D eigenvalue weighted by Crippen LogP contribution is 2.34. The SMILES string of the molecule is CC(C)NC(=O)CN1CCN(C(=O)CCC(=O)N2CCSc3ccccc32)CC1. The lowest BCUT2D eigenvalue weighted by Gasteiger charge is -2.34. The molecule has 2 aliphatic rings. The molecule has 1 aromatic rings. The summed E-state index contributed by atoms with van der Waals surface area (Å²) in [6, 6.07) is 8.06. The molecule has 1 aromatic carbocycles. The van der Waals surface area contributed by atoms with E-state index in [2.05, 4.69) is 10.2 Å². The van der Waals surface area contributed by atoms with Gasteiger partial charge in [-0.15, -0.1) is 11.8 Å². The zero-order chi connectivity index (χ0) is 20.8. The molecule has 8 heteroatoms. The smallest absolute Gasteiger partial charge is 0.234 e. The molecule has 0 atom stereocenters. The standard InChI is InChI=1S/C21H30N4O3S/c1-16(2)22-19(26)15-23-9-11-24(12-10-23)20(27)7-8-21(28)25-13-14-29-18-6-4-3-5-17(18)25/h3-6,16H,7-15H2,1-2H3,(H,22,26). The van der Waals surface area contributed by atoms with Gasteiger partial charge in [-0.3, -0.25) is 19.3 Å². The third kappa shape index (κ3) is 5.96. The molecule has 3 amide bonds. The molecule has 29 heavy (non-hydrogen) atoms. The second-order valence-corrected chi connectivity index (χ2v) is 8.88. The van der Waals surface area contributed by atoms with Gasteiger partial charge in [-0.2, -0.15) is 0 Å². The van der Waals surface area contributed by atoms with Gasteiger partial charge >= 0.3 is 0 Å². The minimum Gasteiger partial charge on any atom is -0.353 e. The lowest BCUT2D eigenvalue weighted by Crippen LogP contribution is -2.51. The van der Waals surface area contributed by atoms with Gasteiger partial charge in [0.2, 0.25) is 17.7 Å². The normalized spacial score (nSPS) is 17.2. The maximum atomic E-state index is 12.7. The van der Waals surface area contributed by atoms with Crippen LogP contribution < -0.4 is 10.2 Å². The maximum absolute atomic E-state index is 12.7. The van der Waals surface area contributed by atoms with Crippen LogP contribution in [0.2, 0.25) is 0 Å². The van der Waals surface area contributed by atoms with Crippen LogP contribution in [0.25, 0.3) is 0 Å². The largest absolute Gasteiger partial charge is 0.353 e. The fourth-order valence-corrected chi connectivity index (χ4v) is 4.66. The fraction of sp³-hybridized carbons (Fsp3) is 0.571. The van der Waals surface area contributed by atoms with E-state index >= 15 is 0 Å². The van der Waals surface area contributed by atoms with Crippen LogP contribution in [0, 0.1) is 0 Å². The van der Waals surface area contributed by atoms with Crippen molar-refractivity contribution >= 4 is 35.2 Å². The van der Waals surface area contributed by atoms with E-state index < -0.39 is 0 Å². The van der Waals surface area contributed by atoms with Crippen molar-refractivity contribution in [1.29, 1.82) is 0 Å². The molecule has 2 heterocycles. The van der Waals surface area contributed by atoms with Crippen LogP contribution in [0.5, 0.6) is 0 Å². The number of amides is 3. The van der Waals surface area contributed by atoms with E-state index in [0.29, 0.717) is 39.3 Å². The fourth-order valence-electron chi connectivity index (χ4n) is 3.66. The zero-order valence-corrected chi connectivity index (χ0v) is 18.0. The highest BCUT2D eigenvalue weighted by Gasteiger charge is 2.26. The maximum Gasteiger partial charge on any atom is 0.234 e. The molecule has 158 valence electrons. The van der Waals surface area contributed by atoms with Crippen molar-refractivity contribution in [3.05, 3.63) is 24.3 Å². The van der Waals surface area contributed by atoms with Crippen molar-refractivity contribution in [2.45, 2.75) is 37.6 Å². The van der Waals surface area contributed by atoms with E-state index in [1.807, 2.05) is 47.9 Å². The van der Waals surface area contributed by atoms with Gasteiger partial charge < -0.3 is 15.1 Å². The summed E-state index contributed by atoms with van der Waals surface area (Å²) in [5.74, 6) is 0.924. The number of carbonyl (C=O) groups is 3. The third-order valence-electron chi connectivity index (χ3n) is 5.12. The van der Waals surface area contributed by atoms with Crippen molar-refractivity contribution in [3.8, 4) is 0 Å². The second-order valence-electron chi connectivity index (χ2n) is 7.74. The number of thioether (sulfide) groups is 1. The lowest BCUT2D eigenvalue weighted by atomic mass is 10.2. The number of carbonyl (C=O) groups excluding carboxylic acids is 3. The summed E-state index contributed by atoms with van der Waals surface area (Å²) in [4.78, 5) is 43.9. The molecule has 0 spiro atoms. The van der Waals surface area contributed by atoms with Gasteiger partial charge in [-0.05, 0) is 26.0 Å². The molecule has 0 aromatic heterocycles. The van der Waals surface area contributed by atoms with Crippen LogP contribution in [0.1, 0.15) is 26.7 Å². The Kier molecular flexibility index (Phi) is 7.55. The van der Waals surface area contributed by atoms with E-state index in [9.17, 15) is 14.4 Å². The van der Waals surface area contributed by atoms with E-state index in [1.165, 1.54) is 0 Å². The Balaban J connectivity index is 1.43. The summed E-state index contributed by atoms with van der Waals surface area (Å²) in [5.41, 5.74) is 0.953. The molecule has 0 aliphatic carbocycles. The number of fused-ring (bicyclic) bond motifs is 1. The van der Waals surface area contributed by atoms with Gasteiger partial charge in [0, 0.05) is 62.3 Å². The van der Waals surface area contributed by atoms with Gasteiger partial charge in [0.15, 0.2) is 0 Å². The van der Waals surface area contributed by atoms with Crippen LogP contribution in [-0.2, 0) is 14.4 Å². The highest BCUT2D eigenvalue weighted by molar-refractivity contribution is 7.99. The number of hydrogen-bond acceptors (Lipinski definition) is 5. The molecule has 0 saturated carbocycles. The van der Waals surface area contributed by atoms with Crippen molar-refractivity contribution < 1.29 is 14.4 Å². The Morgan fingerprint density at radius 3 is 2.41 bits per heavy atom. The molecule has 0 bridgehead atoms. The quantitative estimate of drug-likeness (QED) is 0.759. The number of hydrogen-bond donors (Lipinski definition) is 1. The summed E-state index contributed by atoms with van der Waals surface area (Å²) in [5, 5.41) is 2.89.